The smallest absolute Gasteiger partial charge is 0.389 e. The molecular weight excluding hydrogens is 285 g/mol. The molecule has 3 N–H and O–H groups in total. The minimum atomic E-state index is -4.45. The first kappa shape index (κ1) is 15.1. The zero-order valence-corrected chi connectivity index (χ0v) is 12.2. The van der Waals surface area contributed by atoms with Gasteiger partial charge in [-0.25, -0.2) is 0 Å². The second kappa shape index (κ2) is 4.91. The first-order valence-electron chi connectivity index (χ1n) is 6.36. The molecule has 6 heteroatoms. The van der Waals surface area contributed by atoms with Crippen LogP contribution >= 0.6 is 12.2 Å². The summed E-state index contributed by atoms with van der Waals surface area (Å²) >= 11 is 4.71. The highest BCUT2D eigenvalue weighted by atomic mass is 32.1. The van der Waals surface area contributed by atoms with Crippen LogP contribution in [-0.2, 0) is 6.18 Å². The van der Waals surface area contributed by atoms with Crippen molar-refractivity contribution in [2.45, 2.75) is 26.4 Å². The third-order valence-corrected chi connectivity index (χ3v) is 4.08. The number of hydrogen-bond acceptors (Lipinski definition) is 2. The second-order valence-electron chi connectivity index (χ2n) is 5.89. The lowest BCUT2D eigenvalue weighted by Crippen LogP contribution is -2.18. The van der Waals surface area contributed by atoms with E-state index < -0.39 is 11.7 Å². The summed E-state index contributed by atoms with van der Waals surface area (Å²) in [6.07, 6.45) is -3.32. The molecule has 0 spiro atoms. The van der Waals surface area contributed by atoms with Crippen molar-refractivity contribution >= 4 is 22.9 Å². The predicted molar refractivity (Wildman–Crippen MR) is 77.7 cm³/mol. The van der Waals surface area contributed by atoms with Crippen molar-refractivity contribution in [2.24, 2.45) is 17.1 Å². The second-order valence-corrected chi connectivity index (χ2v) is 6.33. The van der Waals surface area contributed by atoms with Gasteiger partial charge in [0.25, 0.3) is 0 Å². The molecule has 1 saturated carbocycles. The van der Waals surface area contributed by atoms with Crippen molar-refractivity contribution in [2.75, 3.05) is 11.9 Å². The Morgan fingerprint density at radius 1 is 1.45 bits per heavy atom. The Morgan fingerprint density at radius 3 is 2.50 bits per heavy atom. The standard InChI is InChI=1S/C14H17F3N2S/c1-13(2)6-8(13)7-19-9-3-4-11(14(15,16)17)10(5-9)12(18)20/h3-5,8,19H,6-7H2,1-2H3,(H2,18,20). The summed E-state index contributed by atoms with van der Waals surface area (Å²) in [4.78, 5) is -0.243. The average Bonchev–Trinajstić information content (AvgIpc) is 2.93. The number of hydrogen-bond donors (Lipinski definition) is 2. The van der Waals surface area contributed by atoms with E-state index in [2.05, 4.69) is 19.2 Å². The molecule has 0 radical (unpaired) electrons. The summed E-state index contributed by atoms with van der Waals surface area (Å²) in [7, 11) is 0. The maximum Gasteiger partial charge on any atom is 0.417 e. The van der Waals surface area contributed by atoms with Crippen molar-refractivity contribution in [1.29, 1.82) is 0 Å². The fraction of sp³-hybridized carbons (Fsp3) is 0.500. The van der Waals surface area contributed by atoms with Crippen molar-refractivity contribution in [3.8, 4) is 0 Å². The van der Waals surface area contributed by atoms with Crippen molar-refractivity contribution in [3.05, 3.63) is 29.3 Å². The molecule has 2 rings (SSSR count). The Kier molecular flexibility index (Phi) is 3.71. The molecule has 0 aromatic heterocycles. The molecule has 1 aromatic rings. The minimum Gasteiger partial charge on any atom is -0.389 e. The van der Waals surface area contributed by atoms with Crippen LogP contribution in [0.2, 0.25) is 0 Å². The number of halogens is 3. The van der Waals surface area contributed by atoms with Crippen LogP contribution < -0.4 is 11.1 Å². The number of rotatable bonds is 4. The normalized spacial score (nSPS) is 20.6. The molecule has 20 heavy (non-hydrogen) atoms. The van der Waals surface area contributed by atoms with Gasteiger partial charge in [0.05, 0.1) is 5.56 Å². The lowest BCUT2D eigenvalue weighted by Gasteiger charge is -2.14. The van der Waals surface area contributed by atoms with Crippen LogP contribution in [0.15, 0.2) is 18.2 Å². The van der Waals surface area contributed by atoms with E-state index in [1.807, 2.05) is 0 Å². The topological polar surface area (TPSA) is 38.0 Å². The maximum atomic E-state index is 12.8. The summed E-state index contributed by atoms with van der Waals surface area (Å²) in [6, 6.07) is 3.81. The van der Waals surface area contributed by atoms with Crippen molar-refractivity contribution in [3.63, 3.8) is 0 Å². The van der Waals surface area contributed by atoms with Gasteiger partial charge in [-0.2, -0.15) is 13.2 Å². The maximum absolute atomic E-state index is 12.8. The van der Waals surface area contributed by atoms with E-state index in [0.717, 1.165) is 19.0 Å². The Bertz CT molecular complexity index is 538. The SMILES string of the molecule is CC1(C)CC1CNc1ccc(C(F)(F)F)c(C(N)=S)c1. The van der Waals surface area contributed by atoms with E-state index in [1.54, 1.807) is 0 Å². The molecule has 0 amide bonds. The molecule has 1 atom stereocenters. The Hall–Kier alpha value is -1.30. The van der Waals surface area contributed by atoms with Crippen LogP contribution in [-0.4, -0.2) is 11.5 Å². The largest absolute Gasteiger partial charge is 0.417 e. The van der Waals surface area contributed by atoms with Gasteiger partial charge < -0.3 is 11.1 Å². The van der Waals surface area contributed by atoms with Gasteiger partial charge in [-0.3, -0.25) is 0 Å². The molecule has 0 aliphatic heterocycles. The van der Waals surface area contributed by atoms with Gasteiger partial charge in [-0.1, -0.05) is 26.1 Å². The van der Waals surface area contributed by atoms with E-state index in [0.29, 0.717) is 17.0 Å². The van der Waals surface area contributed by atoms with Gasteiger partial charge in [-0.05, 0) is 36.0 Å². The summed E-state index contributed by atoms with van der Waals surface area (Å²) in [5, 5.41) is 3.15. The third kappa shape index (κ3) is 3.23. The number of thiocarbonyl (C=S) groups is 1. The van der Waals surface area contributed by atoms with Gasteiger partial charge in [-0.15, -0.1) is 0 Å². The van der Waals surface area contributed by atoms with Gasteiger partial charge in [0.15, 0.2) is 0 Å². The first-order chi connectivity index (χ1) is 9.11. The van der Waals surface area contributed by atoms with E-state index in [-0.39, 0.29) is 10.6 Å². The fourth-order valence-corrected chi connectivity index (χ4v) is 2.44. The predicted octanol–water partition coefficient (Wildman–Crippen LogP) is 3.80. The molecule has 1 aliphatic rings. The van der Waals surface area contributed by atoms with Crippen LogP contribution in [0.4, 0.5) is 18.9 Å². The molecule has 1 aromatic carbocycles. The summed E-state index contributed by atoms with van der Waals surface area (Å²) in [5.74, 6) is 0.554. The monoisotopic (exact) mass is 302 g/mol. The highest BCUT2D eigenvalue weighted by molar-refractivity contribution is 7.80. The molecule has 1 unspecified atom stereocenters. The zero-order valence-electron chi connectivity index (χ0n) is 11.3. The molecule has 1 aliphatic carbocycles. The van der Waals surface area contributed by atoms with E-state index >= 15 is 0 Å². The van der Waals surface area contributed by atoms with E-state index in [9.17, 15) is 13.2 Å². The van der Waals surface area contributed by atoms with E-state index in [1.165, 1.54) is 12.1 Å². The average molecular weight is 302 g/mol. The molecule has 0 bridgehead atoms. The van der Waals surface area contributed by atoms with Crippen LogP contribution in [0.1, 0.15) is 31.4 Å². The number of benzene rings is 1. The lowest BCUT2D eigenvalue weighted by atomic mass is 10.1. The quantitative estimate of drug-likeness (QED) is 0.831. The Morgan fingerprint density at radius 2 is 2.05 bits per heavy atom. The van der Waals surface area contributed by atoms with Crippen molar-refractivity contribution in [1.82, 2.24) is 0 Å². The molecule has 0 heterocycles. The first-order valence-corrected chi connectivity index (χ1v) is 6.77. The number of alkyl halides is 3. The number of nitrogens with two attached hydrogens (primary N) is 1. The summed E-state index contributed by atoms with van der Waals surface area (Å²) < 4.78 is 38.5. The molecule has 2 nitrogen and oxygen atoms in total. The lowest BCUT2D eigenvalue weighted by molar-refractivity contribution is -0.137. The highest BCUT2D eigenvalue weighted by Gasteiger charge is 2.45. The Labute approximate surface area is 121 Å². The fourth-order valence-electron chi connectivity index (χ4n) is 2.27. The van der Waals surface area contributed by atoms with Crippen molar-refractivity contribution < 1.29 is 13.2 Å². The zero-order chi connectivity index (χ0) is 15.1. The van der Waals surface area contributed by atoms with Gasteiger partial charge in [0, 0.05) is 17.8 Å². The number of nitrogens with one attached hydrogen (secondary N) is 1. The summed E-state index contributed by atoms with van der Waals surface area (Å²) in [6.45, 7) is 5.09. The van der Waals surface area contributed by atoms with Gasteiger partial charge in [0.1, 0.15) is 4.99 Å². The summed E-state index contributed by atoms with van der Waals surface area (Å²) in [5.41, 5.74) is 5.41. The minimum absolute atomic E-state index is 0.132. The Balaban J connectivity index is 2.16. The third-order valence-electron chi connectivity index (χ3n) is 3.86. The highest BCUT2D eigenvalue weighted by Crippen LogP contribution is 2.51. The number of anilines is 1. The van der Waals surface area contributed by atoms with Crippen LogP contribution in [0.3, 0.4) is 0 Å². The van der Waals surface area contributed by atoms with Crippen LogP contribution in [0, 0.1) is 11.3 Å². The van der Waals surface area contributed by atoms with Gasteiger partial charge >= 0.3 is 6.18 Å². The molecule has 1 fully saturated rings. The van der Waals surface area contributed by atoms with E-state index in [4.69, 9.17) is 18.0 Å². The van der Waals surface area contributed by atoms with Crippen LogP contribution in [0.25, 0.3) is 0 Å². The molecule has 110 valence electrons. The van der Waals surface area contributed by atoms with Gasteiger partial charge in [0.2, 0.25) is 0 Å². The molecular formula is C14H17F3N2S. The molecule has 0 saturated heterocycles. The van der Waals surface area contributed by atoms with Crippen LogP contribution in [0.5, 0.6) is 0 Å².